The molecular weight excluding hydrogens is 562 g/mol. The number of aromatic nitrogens is 5. The average Bonchev–Trinajstić information content (AvgIpc) is 3.71. The first-order valence-corrected chi connectivity index (χ1v) is 14.2. The molecule has 0 bridgehead atoms. The summed E-state index contributed by atoms with van der Waals surface area (Å²) in [6.45, 7) is 6.72. The van der Waals surface area contributed by atoms with Gasteiger partial charge in [0.2, 0.25) is 5.91 Å². The maximum atomic E-state index is 15.9. The fraction of sp³-hybridized carbons (Fsp3) is 0.267. The highest BCUT2D eigenvalue weighted by Crippen LogP contribution is 2.47. The molecule has 5 aromatic rings. The lowest BCUT2D eigenvalue weighted by Crippen LogP contribution is -2.44. The number of carbonyl (C=O) groups excluding carboxylic acids is 1. The number of fused-ring (bicyclic) bond motifs is 2. The van der Waals surface area contributed by atoms with E-state index in [2.05, 4.69) is 11.7 Å². The fourth-order valence-corrected chi connectivity index (χ4v) is 6.24. The summed E-state index contributed by atoms with van der Waals surface area (Å²) < 4.78 is 45.6. The van der Waals surface area contributed by atoms with E-state index >= 15 is 4.39 Å². The van der Waals surface area contributed by atoms with Crippen molar-refractivity contribution in [2.45, 2.75) is 26.1 Å². The van der Waals surface area contributed by atoms with Crippen LogP contribution >= 0.6 is 11.3 Å². The molecule has 0 saturated carbocycles. The molecule has 5 heterocycles. The minimum Gasteiger partial charge on any atom is -0.490 e. The van der Waals surface area contributed by atoms with Crippen LogP contribution in [-0.4, -0.2) is 61.7 Å². The van der Waals surface area contributed by atoms with Gasteiger partial charge in [0.1, 0.15) is 35.4 Å². The van der Waals surface area contributed by atoms with Gasteiger partial charge in [-0.05, 0) is 30.5 Å². The molecule has 9 nitrogen and oxygen atoms in total. The van der Waals surface area contributed by atoms with E-state index in [0.29, 0.717) is 35.7 Å². The first-order valence-electron chi connectivity index (χ1n) is 13.3. The van der Waals surface area contributed by atoms with E-state index in [9.17, 15) is 9.18 Å². The highest BCUT2D eigenvalue weighted by atomic mass is 32.1. The molecule has 0 radical (unpaired) electrons. The SMILES string of the molecule is C=CC(=O)N1Cc2cc(-c3nc(-c4cnn(C)c4)c4ccsc4c3-c3c(F)cc(F)cc3OCCOC)nn2CC1C. The van der Waals surface area contributed by atoms with Gasteiger partial charge in [-0.1, -0.05) is 6.58 Å². The van der Waals surface area contributed by atoms with Gasteiger partial charge < -0.3 is 14.4 Å². The Morgan fingerprint density at radius 3 is 2.79 bits per heavy atom. The van der Waals surface area contributed by atoms with E-state index in [-0.39, 0.29) is 36.5 Å². The molecule has 0 saturated heterocycles. The Bertz CT molecular complexity index is 1830. The molecule has 0 N–H and O–H groups in total. The molecule has 1 unspecified atom stereocenters. The third-order valence-electron chi connectivity index (χ3n) is 7.27. The normalized spacial score (nSPS) is 14.8. The Kier molecular flexibility index (Phi) is 7.33. The van der Waals surface area contributed by atoms with Crippen molar-refractivity contribution in [2.75, 3.05) is 20.3 Å². The molecule has 4 aromatic heterocycles. The zero-order chi connectivity index (χ0) is 29.5. The highest BCUT2D eigenvalue weighted by Gasteiger charge is 2.30. The van der Waals surface area contributed by atoms with Gasteiger partial charge in [-0.15, -0.1) is 11.3 Å². The Balaban J connectivity index is 1.61. The zero-order valence-electron chi connectivity index (χ0n) is 23.3. The number of ether oxygens (including phenoxy) is 2. The third kappa shape index (κ3) is 4.86. The van der Waals surface area contributed by atoms with Crippen LogP contribution in [0.3, 0.4) is 0 Å². The minimum absolute atomic E-state index is 0.0387. The lowest BCUT2D eigenvalue weighted by Gasteiger charge is -2.33. The fourth-order valence-electron chi connectivity index (χ4n) is 5.30. The number of hydrogen-bond acceptors (Lipinski definition) is 7. The number of nitrogens with zero attached hydrogens (tertiary/aromatic N) is 6. The summed E-state index contributed by atoms with van der Waals surface area (Å²) in [6, 6.07) is 5.69. The molecule has 42 heavy (non-hydrogen) atoms. The van der Waals surface area contributed by atoms with Gasteiger partial charge in [0.25, 0.3) is 0 Å². The van der Waals surface area contributed by atoms with E-state index in [1.54, 1.807) is 15.8 Å². The summed E-state index contributed by atoms with van der Waals surface area (Å²) in [5.74, 6) is -1.67. The van der Waals surface area contributed by atoms with Crippen LogP contribution in [0.15, 0.2) is 54.7 Å². The van der Waals surface area contributed by atoms with Gasteiger partial charge in [-0.2, -0.15) is 10.2 Å². The molecule has 216 valence electrons. The van der Waals surface area contributed by atoms with Crippen molar-refractivity contribution in [1.82, 2.24) is 29.4 Å². The second-order valence-corrected chi connectivity index (χ2v) is 11.0. The molecule has 0 aliphatic carbocycles. The van der Waals surface area contributed by atoms with Crippen LogP contribution in [0.4, 0.5) is 8.78 Å². The Labute approximate surface area is 244 Å². The molecule has 0 spiro atoms. The number of pyridine rings is 1. The van der Waals surface area contributed by atoms with Gasteiger partial charge in [0.05, 0.1) is 42.8 Å². The van der Waals surface area contributed by atoms with Crippen LogP contribution in [0.25, 0.3) is 43.9 Å². The van der Waals surface area contributed by atoms with Crippen molar-refractivity contribution in [3.63, 3.8) is 0 Å². The molecular formula is C30H28F2N6O3S. The molecule has 1 amide bonds. The van der Waals surface area contributed by atoms with Crippen molar-refractivity contribution in [1.29, 1.82) is 0 Å². The predicted molar refractivity (Wildman–Crippen MR) is 156 cm³/mol. The smallest absolute Gasteiger partial charge is 0.246 e. The van der Waals surface area contributed by atoms with Gasteiger partial charge in [-0.3, -0.25) is 14.2 Å². The number of methoxy groups -OCH3 is 1. The lowest BCUT2D eigenvalue weighted by molar-refractivity contribution is -0.129. The van der Waals surface area contributed by atoms with Crippen LogP contribution in [0.1, 0.15) is 12.6 Å². The number of carbonyl (C=O) groups is 1. The second-order valence-electron chi connectivity index (χ2n) is 10.1. The Hall–Kier alpha value is -4.42. The third-order valence-corrected chi connectivity index (χ3v) is 8.20. The zero-order valence-corrected chi connectivity index (χ0v) is 24.1. The molecule has 6 rings (SSSR count). The van der Waals surface area contributed by atoms with Gasteiger partial charge in [0, 0.05) is 59.7 Å². The molecule has 0 fully saturated rings. The molecule has 1 atom stereocenters. The molecule has 1 aromatic carbocycles. The summed E-state index contributed by atoms with van der Waals surface area (Å²) >= 11 is 1.42. The Morgan fingerprint density at radius 1 is 1.21 bits per heavy atom. The summed E-state index contributed by atoms with van der Waals surface area (Å²) in [5, 5.41) is 11.9. The first kappa shape index (κ1) is 27.7. The second kappa shape index (κ2) is 11.1. The number of aryl methyl sites for hydroxylation is 1. The average molecular weight is 591 g/mol. The lowest BCUT2D eigenvalue weighted by atomic mass is 9.97. The molecule has 12 heteroatoms. The number of rotatable bonds is 8. The monoisotopic (exact) mass is 590 g/mol. The van der Waals surface area contributed by atoms with Crippen LogP contribution < -0.4 is 4.74 Å². The maximum absolute atomic E-state index is 15.9. The number of halogens is 2. The minimum atomic E-state index is -0.783. The Morgan fingerprint density at radius 2 is 2.05 bits per heavy atom. The quantitative estimate of drug-likeness (QED) is 0.177. The van der Waals surface area contributed by atoms with E-state index < -0.39 is 11.6 Å². The summed E-state index contributed by atoms with van der Waals surface area (Å²) in [7, 11) is 3.35. The van der Waals surface area contributed by atoms with Crippen molar-refractivity contribution in [3.05, 3.63) is 72.0 Å². The van der Waals surface area contributed by atoms with Crippen molar-refractivity contribution in [3.8, 4) is 39.5 Å². The number of hydrogen-bond donors (Lipinski definition) is 0. The standard InChI is InChI=1S/C30H28F2N6O3S/c1-5-25(39)37-16-20-12-23(35-38(20)14-17(37)2)29-27(26-22(32)10-19(31)11-24(26)41-8-7-40-4)30-21(6-9-42-30)28(34-29)18-13-33-36(3)15-18/h5-6,9-13,15,17H,1,7-8,14,16H2,2-4H3. The van der Waals surface area contributed by atoms with Crippen LogP contribution in [-0.2, 0) is 29.7 Å². The van der Waals surface area contributed by atoms with E-state index in [4.69, 9.17) is 19.6 Å². The summed E-state index contributed by atoms with van der Waals surface area (Å²) in [4.78, 5) is 19.3. The predicted octanol–water partition coefficient (Wildman–Crippen LogP) is 5.45. The van der Waals surface area contributed by atoms with E-state index in [1.807, 2.05) is 42.4 Å². The van der Waals surface area contributed by atoms with Crippen LogP contribution in [0, 0.1) is 11.6 Å². The maximum Gasteiger partial charge on any atom is 0.246 e. The largest absolute Gasteiger partial charge is 0.490 e. The van der Waals surface area contributed by atoms with Crippen LogP contribution in [0.2, 0.25) is 0 Å². The molecule has 1 aliphatic heterocycles. The highest BCUT2D eigenvalue weighted by molar-refractivity contribution is 7.18. The van der Waals surface area contributed by atoms with Gasteiger partial charge in [0.15, 0.2) is 0 Å². The van der Waals surface area contributed by atoms with Crippen molar-refractivity contribution >= 4 is 27.3 Å². The number of benzene rings is 1. The number of thiophene rings is 1. The van der Waals surface area contributed by atoms with Crippen molar-refractivity contribution < 1.29 is 23.0 Å². The van der Waals surface area contributed by atoms with E-state index in [0.717, 1.165) is 27.4 Å². The summed E-state index contributed by atoms with van der Waals surface area (Å²) in [6.07, 6.45) is 4.88. The van der Waals surface area contributed by atoms with E-state index in [1.165, 1.54) is 30.6 Å². The van der Waals surface area contributed by atoms with Crippen LogP contribution in [0.5, 0.6) is 5.75 Å². The first-order chi connectivity index (χ1) is 20.3. The van der Waals surface area contributed by atoms with Gasteiger partial charge >= 0.3 is 0 Å². The summed E-state index contributed by atoms with van der Waals surface area (Å²) in [5.41, 5.74) is 3.67. The van der Waals surface area contributed by atoms with Crippen molar-refractivity contribution in [2.24, 2.45) is 7.05 Å². The topological polar surface area (TPSA) is 87.3 Å². The van der Waals surface area contributed by atoms with Gasteiger partial charge in [-0.25, -0.2) is 13.8 Å². The number of amides is 1. The molecule has 1 aliphatic rings.